The molecule has 0 aromatic heterocycles. The summed E-state index contributed by atoms with van der Waals surface area (Å²) in [6.07, 6.45) is 3.73. The smallest absolute Gasteiger partial charge is 0.330 e. The number of thiocarbonyl (C=S) groups is 1. The molecule has 1 aliphatic heterocycles. The van der Waals surface area contributed by atoms with E-state index >= 15 is 0 Å². The molecule has 2 rings (SSSR count). The van der Waals surface area contributed by atoms with E-state index in [1.165, 1.54) is 16.4 Å². The van der Waals surface area contributed by atoms with Crippen molar-refractivity contribution in [3.63, 3.8) is 0 Å². The Bertz CT molecular complexity index is 874. The van der Waals surface area contributed by atoms with Gasteiger partial charge in [0.05, 0.1) is 11.5 Å². The van der Waals surface area contributed by atoms with Gasteiger partial charge in [0.25, 0.3) is 0 Å². The molecule has 0 spiro atoms. The number of rotatable bonds is 6. The zero-order valence-electron chi connectivity index (χ0n) is 16.4. The van der Waals surface area contributed by atoms with Crippen LogP contribution in [-0.2, 0) is 24.3 Å². The highest BCUT2D eigenvalue weighted by molar-refractivity contribution is 7.89. The molecular weight excluding hydrogens is 414 g/mol. The lowest BCUT2D eigenvalue weighted by Gasteiger charge is -2.29. The number of hydrogen-bond donors (Lipinski definition) is 2. The number of nitrogens with zero attached hydrogens (tertiary/aromatic N) is 1. The molecule has 0 atom stereocenters. The van der Waals surface area contributed by atoms with Gasteiger partial charge in [-0.25, -0.2) is 13.2 Å². The molecule has 0 bridgehead atoms. The maximum absolute atomic E-state index is 12.7. The number of carbonyl (C=O) groups excluding carboxylic acids is 2. The van der Waals surface area contributed by atoms with E-state index in [4.69, 9.17) is 12.2 Å². The minimum atomic E-state index is -3.52. The second-order valence-electron chi connectivity index (χ2n) is 6.64. The number of piperidine rings is 1. The normalized spacial score (nSPS) is 15.8. The average Bonchev–Trinajstić information content (AvgIpc) is 2.67. The van der Waals surface area contributed by atoms with E-state index in [2.05, 4.69) is 22.3 Å². The molecule has 8 nitrogen and oxygen atoms in total. The predicted octanol–water partition coefficient (Wildman–Crippen LogP) is 2.04. The van der Waals surface area contributed by atoms with Crippen molar-refractivity contribution in [3.8, 4) is 0 Å². The molecule has 2 N–H and O–H groups in total. The Kier molecular flexibility index (Phi) is 8.30. The van der Waals surface area contributed by atoms with Crippen molar-refractivity contribution in [1.82, 2.24) is 9.62 Å². The van der Waals surface area contributed by atoms with Crippen LogP contribution in [0, 0.1) is 5.92 Å². The molecular formula is C19H25N3O5S2. The first-order chi connectivity index (χ1) is 13.7. The number of anilines is 1. The third kappa shape index (κ3) is 6.91. The largest absolute Gasteiger partial charge is 0.463 e. The number of benzene rings is 1. The summed E-state index contributed by atoms with van der Waals surface area (Å²) >= 11 is 5.04. The summed E-state index contributed by atoms with van der Waals surface area (Å²) in [6.45, 7) is 5.05. The van der Waals surface area contributed by atoms with Crippen molar-refractivity contribution in [2.24, 2.45) is 5.92 Å². The van der Waals surface area contributed by atoms with E-state index in [0.29, 0.717) is 24.7 Å². The maximum Gasteiger partial charge on any atom is 0.330 e. The van der Waals surface area contributed by atoms with Gasteiger partial charge in [0.15, 0.2) is 5.11 Å². The van der Waals surface area contributed by atoms with Gasteiger partial charge in [-0.2, -0.15) is 4.31 Å². The monoisotopic (exact) mass is 439 g/mol. The molecule has 0 saturated carbocycles. The van der Waals surface area contributed by atoms with Gasteiger partial charge >= 0.3 is 5.97 Å². The number of esters is 1. The van der Waals surface area contributed by atoms with Crippen LogP contribution in [0.1, 0.15) is 26.7 Å². The fourth-order valence-electron chi connectivity index (χ4n) is 2.73. The molecule has 1 amide bonds. The average molecular weight is 440 g/mol. The summed E-state index contributed by atoms with van der Waals surface area (Å²) in [5.74, 6) is -0.674. The molecule has 0 radical (unpaired) electrons. The summed E-state index contributed by atoms with van der Waals surface area (Å²) in [7, 11) is -3.52. The molecule has 1 aromatic rings. The maximum atomic E-state index is 12.7. The number of nitrogens with one attached hydrogen (secondary N) is 2. The molecule has 158 valence electrons. The summed E-state index contributed by atoms with van der Waals surface area (Å²) in [6, 6.07) is 6.15. The van der Waals surface area contributed by atoms with Gasteiger partial charge < -0.3 is 10.1 Å². The van der Waals surface area contributed by atoms with Crippen molar-refractivity contribution in [3.05, 3.63) is 36.4 Å². The van der Waals surface area contributed by atoms with Crippen LogP contribution in [0.5, 0.6) is 0 Å². The fraction of sp³-hybridized carbons (Fsp3) is 0.421. The third-order valence-corrected chi connectivity index (χ3v) is 6.50. The molecule has 1 aliphatic rings. The van der Waals surface area contributed by atoms with Crippen molar-refractivity contribution in [2.45, 2.75) is 31.6 Å². The Morgan fingerprint density at radius 2 is 1.83 bits per heavy atom. The van der Waals surface area contributed by atoms with Crippen molar-refractivity contribution >= 4 is 44.9 Å². The van der Waals surface area contributed by atoms with Crippen LogP contribution in [0.3, 0.4) is 0 Å². The number of carbonyl (C=O) groups is 2. The van der Waals surface area contributed by atoms with Crippen LogP contribution < -0.4 is 10.6 Å². The SMILES string of the molecule is CCOC(=O)C=CC(=O)NC(=S)Nc1ccc(S(=O)(=O)N2CCC(C)CC2)cc1. The summed E-state index contributed by atoms with van der Waals surface area (Å²) in [5.41, 5.74) is 0.524. The molecule has 1 fully saturated rings. The van der Waals surface area contributed by atoms with Gasteiger partial charge in [-0.05, 0) is 62.2 Å². The van der Waals surface area contributed by atoms with Crippen LogP contribution in [-0.4, -0.2) is 49.4 Å². The number of amides is 1. The minimum absolute atomic E-state index is 0.0177. The zero-order chi connectivity index (χ0) is 21.4. The van der Waals surface area contributed by atoms with E-state index in [1.807, 2.05) is 0 Å². The molecule has 0 aliphatic carbocycles. The Balaban J connectivity index is 1.92. The third-order valence-electron chi connectivity index (χ3n) is 4.39. The van der Waals surface area contributed by atoms with Crippen LogP contribution in [0.15, 0.2) is 41.3 Å². The lowest BCUT2D eigenvalue weighted by atomic mass is 10.0. The molecule has 10 heteroatoms. The highest BCUT2D eigenvalue weighted by atomic mass is 32.2. The van der Waals surface area contributed by atoms with E-state index < -0.39 is 21.9 Å². The summed E-state index contributed by atoms with van der Waals surface area (Å²) < 4.78 is 31.6. The van der Waals surface area contributed by atoms with Gasteiger partial charge in [0.2, 0.25) is 15.9 Å². The standard InChI is InChI=1S/C19H25N3O5S2/c1-3-27-18(24)9-8-17(23)21-19(28)20-15-4-6-16(7-5-15)29(25,26)22-12-10-14(2)11-13-22/h4-9,14H,3,10-13H2,1-2H3,(H2,20,21,23,28). The first kappa shape index (κ1) is 23.0. The van der Waals surface area contributed by atoms with Gasteiger partial charge in [-0.15, -0.1) is 0 Å². The molecule has 29 heavy (non-hydrogen) atoms. The fourth-order valence-corrected chi connectivity index (χ4v) is 4.42. The molecule has 0 unspecified atom stereocenters. The molecule has 1 saturated heterocycles. The quantitative estimate of drug-likeness (QED) is 0.397. The van der Waals surface area contributed by atoms with Gasteiger partial charge in [-0.3, -0.25) is 10.1 Å². The second kappa shape index (κ2) is 10.5. The summed E-state index contributed by atoms with van der Waals surface area (Å²) in [5, 5.41) is 5.20. The van der Waals surface area contributed by atoms with E-state index in [0.717, 1.165) is 25.0 Å². The van der Waals surface area contributed by atoms with E-state index in [-0.39, 0.29) is 16.6 Å². The number of sulfonamides is 1. The Morgan fingerprint density at radius 1 is 1.21 bits per heavy atom. The van der Waals surface area contributed by atoms with Crippen molar-refractivity contribution in [1.29, 1.82) is 0 Å². The van der Waals surface area contributed by atoms with Gasteiger partial charge in [0.1, 0.15) is 0 Å². The first-order valence-corrected chi connectivity index (χ1v) is 11.1. The molecule has 1 heterocycles. The van der Waals surface area contributed by atoms with E-state index in [9.17, 15) is 18.0 Å². The highest BCUT2D eigenvalue weighted by Gasteiger charge is 2.27. The number of ether oxygens (including phenoxy) is 1. The number of hydrogen-bond acceptors (Lipinski definition) is 6. The topological polar surface area (TPSA) is 105 Å². The second-order valence-corrected chi connectivity index (χ2v) is 8.99. The zero-order valence-corrected chi connectivity index (χ0v) is 18.0. The van der Waals surface area contributed by atoms with E-state index in [1.54, 1.807) is 19.1 Å². The van der Waals surface area contributed by atoms with Crippen molar-refractivity contribution in [2.75, 3.05) is 25.0 Å². The van der Waals surface area contributed by atoms with Crippen molar-refractivity contribution < 1.29 is 22.7 Å². The van der Waals surface area contributed by atoms with Crippen LogP contribution in [0.2, 0.25) is 0 Å². The Morgan fingerprint density at radius 3 is 2.41 bits per heavy atom. The molecule has 1 aromatic carbocycles. The van der Waals surface area contributed by atoms with Crippen LogP contribution in [0.4, 0.5) is 5.69 Å². The summed E-state index contributed by atoms with van der Waals surface area (Å²) in [4.78, 5) is 23.1. The first-order valence-electron chi connectivity index (χ1n) is 9.29. The van der Waals surface area contributed by atoms with Crippen LogP contribution >= 0.6 is 12.2 Å². The minimum Gasteiger partial charge on any atom is -0.463 e. The van der Waals surface area contributed by atoms with Crippen LogP contribution in [0.25, 0.3) is 0 Å². The predicted molar refractivity (Wildman–Crippen MR) is 114 cm³/mol. The van der Waals surface area contributed by atoms with Gasteiger partial charge in [-0.1, -0.05) is 6.92 Å². The lowest BCUT2D eigenvalue weighted by Crippen LogP contribution is -2.37. The Hall–Kier alpha value is -2.30. The van der Waals surface area contributed by atoms with Gasteiger partial charge in [0, 0.05) is 30.9 Å². The Labute approximate surface area is 176 Å². The lowest BCUT2D eigenvalue weighted by molar-refractivity contribution is -0.137. The highest BCUT2D eigenvalue weighted by Crippen LogP contribution is 2.24.